The SMILES string of the molecule is CCCOc1ccc(C(=O)N2CCCC2CN)cc1OCCC.Cl. The highest BCUT2D eigenvalue weighted by Gasteiger charge is 2.28. The average Bonchev–Trinajstić information content (AvgIpc) is 3.06. The summed E-state index contributed by atoms with van der Waals surface area (Å²) in [4.78, 5) is 14.6. The highest BCUT2D eigenvalue weighted by molar-refractivity contribution is 5.95. The van der Waals surface area contributed by atoms with Crippen molar-refractivity contribution in [3.8, 4) is 11.5 Å². The summed E-state index contributed by atoms with van der Waals surface area (Å²) in [6.07, 6.45) is 3.84. The minimum Gasteiger partial charge on any atom is -0.490 e. The van der Waals surface area contributed by atoms with Gasteiger partial charge in [0.1, 0.15) is 0 Å². The zero-order valence-corrected chi connectivity index (χ0v) is 15.4. The number of benzene rings is 1. The van der Waals surface area contributed by atoms with Crippen LogP contribution in [0.1, 0.15) is 49.9 Å². The molecule has 2 rings (SSSR count). The minimum atomic E-state index is 0. The van der Waals surface area contributed by atoms with Crippen molar-refractivity contribution in [1.29, 1.82) is 0 Å². The van der Waals surface area contributed by atoms with Crippen LogP contribution in [0.2, 0.25) is 0 Å². The zero-order chi connectivity index (χ0) is 16.7. The summed E-state index contributed by atoms with van der Waals surface area (Å²) < 4.78 is 11.5. The van der Waals surface area contributed by atoms with Crippen LogP contribution in [-0.2, 0) is 0 Å². The van der Waals surface area contributed by atoms with Crippen molar-refractivity contribution in [3.63, 3.8) is 0 Å². The van der Waals surface area contributed by atoms with Crippen LogP contribution < -0.4 is 15.2 Å². The van der Waals surface area contributed by atoms with Crippen molar-refractivity contribution in [2.45, 2.75) is 45.6 Å². The number of nitrogens with zero attached hydrogens (tertiary/aromatic N) is 1. The van der Waals surface area contributed by atoms with Gasteiger partial charge in [-0.25, -0.2) is 0 Å². The van der Waals surface area contributed by atoms with E-state index < -0.39 is 0 Å². The second-order valence-corrected chi connectivity index (χ2v) is 5.89. The first-order chi connectivity index (χ1) is 11.2. The number of likely N-dealkylation sites (tertiary alicyclic amines) is 1. The van der Waals surface area contributed by atoms with Gasteiger partial charge in [-0.05, 0) is 43.9 Å². The molecule has 1 saturated heterocycles. The minimum absolute atomic E-state index is 0. The molecular weight excluding hydrogens is 328 g/mol. The van der Waals surface area contributed by atoms with Gasteiger partial charge in [0, 0.05) is 24.7 Å². The molecule has 1 aliphatic rings. The van der Waals surface area contributed by atoms with E-state index in [1.165, 1.54) is 0 Å². The normalized spacial score (nSPS) is 16.6. The number of amides is 1. The van der Waals surface area contributed by atoms with E-state index in [0.29, 0.717) is 36.8 Å². The number of hydrogen-bond donors (Lipinski definition) is 1. The Morgan fingerprint density at radius 3 is 2.50 bits per heavy atom. The molecule has 1 aromatic rings. The Morgan fingerprint density at radius 1 is 1.21 bits per heavy atom. The lowest BCUT2D eigenvalue weighted by atomic mass is 10.1. The predicted octanol–water partition coefficient (Wildman–Crippen LogP) is 3.25. The van der Waals surface area contributed by atoms with Crippen molar-refractivity contribution < 1.29 is 14.3 Å². The van der Waals surface area contributed by atoms with Crippen molar-refractivity contribution >= 4 is 18.3 Å². The molecule has 0 spiro atoms. The van der Waals surface area contributed by atoms with E-state index in [2.05, 4.69) is 13.8 Å². The van der Waals surface area contributed by atoms with Crippen molar-refractivity contribution in [2.75, 3.05) is 26.3 Å². The van der Waals surface area contributed by atoms with Gasteiger partial charge in [-0.1, -0.05) is 13.8 Å². The van der Waals surface area contributed by atoms with Crippen LogP contribution in [-0.4, -0.2) is 43.2 Å². The molecule has 0 aromatic heterocycles. The molecule has 136 valence electrons. The van der Waals surface area contributed by atoms with E-state index in [-0.39, 0.29) is 24.4 Å². The van der Waals surface area contributed by atoms with Crippen LogP contribution in [0, 0.1) is 0 Å². The molecular formula is C18H29ClN2O3. The number of halogens is 1. The molecule has 1 amide bonds. The summed E-state index contributed by atoms with van der Waals surface area (Å²) in [7, 11) is 0. The van der Waals surface area contributed by atoms with Gasteiger partial charge in [0.2, 0.25) is 0 Å². The second kappa shape index (κ2) is 10.4. The lowest BCUT2D eigenvalue weighted by Gasteiger charge is -2.24. The lowest BCUT2D eigenvalue weighted by molar-refractivity contribution is 0.0740. The molecule has 1 unspecified atom stereocenters. The Hall–Kier alpha value is -1.46. The lowest BCUT2D eigenvalue weighted by Crippen LogP contribution is -2.39. The van der Waals surface area contributed by atoms with E-state index in [1.807, 2.05) is 17.0 Å². The van der Waals surface area contributed by atoms with E-state index in [1.54, 1.807) is 6.07 Å². The van der Waals surface area contributed by atoms with Crippen LogP contribution in [0.3, 0.4) is 0 Å². The molecule has 24 heavy (non-hydrogen) atoms. The molecule has 1 aromatic carbocycles. The summed E-state index contributed by atoms with van der Waals surface area (Å²) in [5, 5.41) is 0. The summed E-state index contributed by atoms with van der Waals surface area (Å²) >= 11 is 0. The van der Waals surface area contributed by atoms with E-state index >= 15 is 0 Å². The van der Waals surface area contributed by atoms with Crippen molar-refractivity contribution in [2.24, 2.45) is 5.73 Å². The standard InChI is InChI=1S/C18H28N2O3.ClH/c1-3-10-22-16-8-7-14(12-17(16)23-11-4-2)18(21)20-9-5-6-15(20)13-19;/h7-8,12,15H,3-6,9-11,13,19H2,1-2H3;1H. The summed E-state index contributed by atoms with van der Waals surface area (Å²) in [5.74, 6) is 1.38. The largest absolute Gasteiger partial charge is 0.490 e. The Morgan fingerprint density at radius 2 is 1.88 bits per heavy atom. The van der Waals surface area contributed by atoms with Gasteiger partial charge in [0.25, 0.3) is 5.91 Å². The Kier molecular flexibility index (Phi) is 8.93. The fourth-order valence-corrected chi connectivity index (χ4v) is 2.81. The van der Waals surface area contributed by atoms with Crippen LogP contribution in [0.25, 0.3) is 0 Å². The molecule has 5 nitrogen and oxygen atoms in total. The van der Waals surface area contributed by atoms with Crippen LogP contribution in [0.15, 0.2) is 18.2 Å². The maximum atomic E-state index is 12.7. The molecule has 1 heterocycles. The van der Waals surface area contributed by atoms with Crippen LogP contribution in [0.5, 0.6) is 11.5 Å². The maximum absolute atomic E-state index is 12.7. The Labute approximate surface area is 150 Å². The molecule has 1 atom stereocenters. The summed E-state index contributed by atoms with van der Waals surface area (Å²) in [6, 6.07) is 5.60. The van der Waals surface area contributed by atoms with E-state index in [0.717, 1.165) is 32.2 Å². The summed E-state index contributed by atoms with van der Waals surface area (Å²) in [6.45, 7) is 6.65. The smallest absolute Gasteiger partial charge is 0.254 e. The van der Waals surface area contributed by atoms with E-state index in [4.69, 9.17) is 15.2 Å². The highest BCUT2D eigenvalue weighted by Crippen LogP contribution is 2.30. The molecule has 1 fully saturated rings. The molecule has 6 heteroatoms. The van der Waals surface area contributed by atoms with Gasteiger partial charge < -0.3 is 20.1 Å². The third-order valence-electron chi connectivity index (χ3n) is 4.02. The van der Waals surface area contributed by atoms with Crippen molar-refractivity contribution in [1.82, 2.24) is 4.90 Å². The third-order valence-corrected chi connectivity index (χ3v) is 4.02. The predicted molar refractivity (Wildman–Crippen MR) is 98.4 cm³/mol. The maximum Gasteiger partial charge on any atom is 0.254 e. The Balaban J connectivity index is 0.00000288. The molecule has 0 bridgehead atoms. The number of carbonyl (C=O) groups excluding carboxylic acids is 1. The average molecular weight is 357 g/mol. The van der Waals surface area contributed by atoms with Gasteiger partial charge in [-0.15, -0.1) is 12.4 Å². The van der Waals surface area contributed by atoms with E-state index in [9.17, 15) is 4.79 Å². The quantitative estimate of drug-likeness (QED) is 0.776. The first-order valence-corrected chi connectivity index (χ1v) is 8.61. The Bertz CT molecular complexity index is 525. The molecule has 2 N–H and O–H groups in total. The first-order valence-electron chi connectivity index (χ1n) is 8.61. The molecule has 0 aliphatic carbocycles. The number of nitrogens with two attached hydrogens (primary N) is 1. The summed E-state index contributed by atoms with van der Waals surface area (Å²) in [5.41, 5.74) is 6.42. The molecule has 0 radical (unpaired) electrons. The second-order valence-electron chi connectivity index (χ2n) is 5.89. The van der Waals surface area contributed by atoms with Gasteiger partial charge >= 0.3 is 0 Å². The topological polar surface area (TPSA) is 64.8 Å². The van der Waals surface area contributed by atoms with Gasteiger partial charge in [0.05, 0.1) is 13.2 Å². The monoisotopic (exact) mass is 356 g/mol. The number of rotatable bonds is 8. The highest BCUT2D eigenvalue weighted by atomic mass is 35.5. The van der Waals surface area contributed by atoms with Crippen LogP contribution in [0.4, 0.5) is 0 Å². The zero-order valence-electron chi connectivity index (χ0n) is 14.6. The molecule has 0 saturated carbocycles. The van der Waals surface area contributed by atoms with Crippen LogP contribution >= 0.6 is 12.4 Å². The number of hydrogen-bond acceptors (Lipinski definition) is 4. The fourth-order valence-electron chi connectivity index (χ4n) is 2.81. The van der Waals surface area contributed by atoms with Gasteiger partial charge in [-0.3, -0.25) is 4.79 Å². The van der Waals surface area contributed by atoms with Gasteiger partial charge in [0.15, 0.2) is 11.5 Å². The third kappa shape index (κ3) is 5.02. The van der Waals surface area contributed by atoms with Gasteiger partial charge in [-0.2, -0.15) is 0 Å². The first kappa shape index (κ1) is 20.6. The number of carbonyl (C=O) groups is 1. The number of ether oxygens (including phenoxy) is 2. The van der Waals surface area contributed by atoms with Crippen molar-refractivity contribution in [3.05, 3.63) is 23.8 Å². The fraction of sp³-hybridized carbons (Fsp3) is 0.611. The molecule has 1 aliphatic heterocycles.